The summed E-state index contributed by atoms with van der Waals surface area (Å²) in [4.78, 5) is 11.9. The fraction of sp³-hybridized carbons (Fsp3) is 0.500. The molecule has 0 unspecified atom stereocenters. The number of carbonyl (C=O) groups excluding carboxylic acids is 1. The van der Waals surface area contributed by atoms with Crippen molar-refractivity contribution < 1.29 is 9.53 Å². The molecule has 0 aliphatic heterocycles. The molecule has 0 atom stereocenters. The summed E-state index contributed by atoms with van der Waals surface area (Å²) in [5.41, 5.74) is 6.32. The summed E-state index contributed by atoms with van der Waals surface area (Å²) in [5.74, 6) is -0.0417. The van der Waals surface area contributed by atoms with Crippen LogP contribution in [0.2, 0.25) is 0 Å². The molecular formula is C12H17N3O2S. The average molecular weight is 267 g/mol. The summed E-state index contributed by atoms with van der Waals surface area (Å²) in [6.45, 7) is 6.85. The zero-order valence-electron chi connectivity index (χ0n) is 10.7. The number of ether oxygens (including phenoxy) is 1. The van der Waals surface area contributed by atoms with Gasteiger partial charge in [0.25, 0.3) is 0 Å². The summed E-state index contributed by atoms with van der Waals surface area (Å²) in [7, 11) is 0. The van der Waals surface area contributed by atoms with Crippen LogP contribution < -0.4 is 11.1 Å². The second-order valence-corrected chi connectivity index (χ2v) is 5.18. The van der Waals surface area contributed by atoms with Gasteiger partial charge in [-0.05, 0) is 12.8 Å². The molecule has 0 aliphatic carbocycles. The van der Waals surface area contributed by atoms with Crippen LogP contribution in [0.4, 0.5) is 10.7 Å². The summed E-state index contributed by atoms with van der Waals surface area (Å²) in [5, 5.41) is 12.8. The first-order chi connectivity index (χ1) is 8.51. The Balaban J connectivity index is 3.02. The van der Waals surface area contributed by atoms with E-state index >= 15 is 0 Å². The van der Waals surface area contributed by atoms with E-state index in [1.54, 1.807) is 6.92 Å². The number of nitriles is 1. The van der Waals surface area contributed by atoms with Gasteiger partial charge >= 0.3 is 5.97 Å². The molecule has 0 saturated heterocycles. The van der Waals surface area contributed by atoms with E-state index in [9.17, 15) is 4.79 Å². The van der Waals surface area contributed by atoms with Crippen LogP contribution in [0.3, 0.4) is 0 Å². The van der Waals surface area contributed by atoms with Crippen molar-refractivity contribution in [3.8, 4) is 6.07 Å². The van der Waals surface area contributed by atoms with Crippen LogP contribution in [-0.4, -0.2) is 19.1 Å². The highest BCUT2D eigenvalue weighted by Gasteiger charge is 2.21. The first-order valence-electron chi connectivity index (χ1n) is 5.74. The number of nitrogens with one attached hydrogen (secondary N) is 1. The Morgan fingerprint density at radius 3 is 2.78 bits per heavy atom. The van der Waals surface area contributed by atoms with Crippen molar-refractivity contribution in [2.45, 2.75) is 20.8 Å². The SMILES string of the molecule is CCOC(=O)c1sc(NCC(C)C)c(C#N)c1N. The van der Waals surface area contributed by atoms with Gasteiger partial charge in [0.2, 0.25) is 0 Å². The number of nitrogen functional groups attached to an aromatic ring is 1. The predicted molar refractivity (Wildman–Crippen MR) is 72.7 cm³/mol. The van der Waals surface area contributed by atoms with Crippen molar-refractivity contribution in [3.05, 3.63) is 10.4 Å². The zero-order chi connectivity index (χ0) is 13.7. The van der Waals surface area contributed by atoms with Crippen molar-refractivity contribution >= 4 is 28.0 Å². The van der Waals surface area contributed by atoms with Crippen LogP contribution in [0.5, 0.6) is 0 Å². The van der Waals surface area contributed by atoms with Gasteiger partial charge in [0.1, 0.15) is 21.5 Å². The molecule has 98 valence electrons. The minimum Gasteiger partial charge on any atom is -0.462 e. The number of nitrogens with zero attached hydrogens (tertiary/aromatic N) is 1. The van der Waals surface area contributed by atoms with Gasteiger partial charge in [-0.2, -0.15) is 5.26 Å². The molecule has 6 heteroatoms. The molecule has 1 rings (SSSR count). The Hall–Kier alpha value is -1.74. The number of esters is 1. The summed E-state index contributed by atoms with van der Waals surface area (Å²) >= 11 is 1.17. The third kappa shape index (κ3) is 3.14. The van der Waals surface area contributed by atoms with E-state index in [2.05, 4.69) is 19.2 Å². The van der Waals surface area contributed by atoms with Gasteiger partial charge in [0, 0.05) is 6.54 Å². The molecule has 0 radical (unpaired) electrons. The van der Waals surface area contributed by atoms with E-state index in [0.717, 1.165) is 6.54 Å². The molecule has 0 bridgehead atoms. The van der Waals surface area contributed by atoms with Crippen molar-refractivity contribution in [3.63, 3.8) is 0 Å². The van der Waals surface area contributed by atoms with Gasteiger partial charge in [-0.1, -0.05) is 13.8 Å². The summed E-state index contributed by atoms with van der Waals surface area (Å²) in [6, 6.07) is 2.02. The van der Waals surface area contributed by atoms with E-state index in [0.29, 0.717) is 21.4 Å². The summed E-state index contributed by atoms with van der Waals surface area (Å²) in [6.07, 6.45) is 0. The van der Waals surface area contributed by atoms with Crippen LogP contribution in [0, 0.1) is 17.2 Å². The lowest BCUT2D eigenvalue weighted by Gasteiger charge is -2.06. The summed E-state index contributed by atoms with van der Waals surface area (Å²) < 4.78 is 4.90. The highest BCUT2D eigenvalue weighted by Crippen LogP contribution is 2.35. The zero-order valence-corrected chi connectivity index (χ0v) is 11.6. The minimum absolute atomic E-state index is 0.201. The van der Waals surface area contributed by atoms with Gasteiger partial charge in [-0.3, -0.25) is 0 Å². The Bertz CT molecular complexity index is 474. The monoisotopic (exact) mass is 267 g/mol. The lowest BCUT2D eigenvalue weighted by molar-refractivity contribution is 0.0533. The third-order valence-corrected chi connectivity index (χ3v) is 3.33. The first kappa shape index (κ1) is 14.3. The molecule has 1 heterocycles. The quantitative estimate of drug-likeness (QED) is 0.800. The van der Waals surface area contributed by atoms with Crippen LogP contribution in [0.1, 0.15) is 36.0 Å². The van der Waals surface area contributed by atoms with Crippen LogP contribution >= 0.6 is 11.3 Å². The van der Waals surface area contributed by atoms with Gasteiger partial charge in [0.05, 0.1) is 12.3 Å². The molecule has 0 amide bonds. The van der Waals surface area contributed by atoms with Crippen molar-refractivity contribution in [1.82, 2.24) is 0 Å². The molecule has 0 saturated carbocycles. The number of hydrogen-bond donors (Lipinski definition) is 2. The first-order valence-corrected chi connectivity index (χ1v) is 6.56. The highest BCUT2D eigenvalue weighted by molar-refractivity contribution is 7.18. The van der Waals surface area contributed by atoms with E-state index < -0.39 is 5.97 Å². The van der Waals surface area contributed by atoms with E-state index in [1.807, 2.05) is 6.07 Å². The van der Waals surface area contributed by atoms with Gasteiger partial charge in [-0.25, -0.2) is 4.79 Å². The molecule has 5 nitrogen and oxygen atoms in total. The average Bonchev–Trinajstić information content (AvgIpc) is 2.63. The van der Waals surface area contributed by atoms with E-state index in [-0.39, 0.29) is 12.3 Å². The second kappa shape index (κ2) is 6.26. The topological polar surface area (TPSA) is 88.1 Å². The Labute approximate surface area is 111 Å². The molecule has 0 aliphatic rings. The van der Waals surface area contributed by atoms with Crippen molar-refractivity contribution in [2.75, 3.05) is 24.2 Å². The number of nitrogens with two attached hydrogens (primary N) is 1. The minimum atomic E-state index is -0.478. The molecule has 1 aromatic heterocycles. The van der Waals surface area contributed by atoms with Crippen molar-refractivity contribution in [1.29, 1.82) is 5.26 Å². The number of carbonyl (C=O) groups is 1. The molecule has 0 spiro atoms. The van der Waals surface area contributed by atoms with Crippen LogP contribution in [0.15, 0.2) is 0 Å². The van der Waals surface area contributed by atoms with E-state index in [4.69, 9.17) is 15.7 Å². The normalized spacial score (nSPS) is 10.2. The fourth-order valence-electron chi connectivity index (χ4n) is 1.32. The molecule has 0 fully saturated rings. The largest absolute Gasteiger partial charge is 0.462 e. The van der Waals surface area contributed by atoms with Crippen LogP contribution in [-0.2, 0) is 4.74 Å². The molecule has 1 aromatic rings. The van der Waals surface area contributed by atoms with Gasteiger partial charge in [0.15, 0.2) is 0 Å². The molecular weight excluding hydrogens is 250 g/mol. The highest BCUT2D eigenvalue weighted by atomic mass is 32.1. The second-order valence-electron chi connectivity index (χ2n) is 4.16. The molecule has 0 aromatic carbocycles. The Morgan fingerprint density at radius 2 is 2.28 bits per heavy atom. The third-order valence-electron chi connectivity index (χ3n) is 2.19. The lowest BCUT2D eigenvalue weighted by Crippen LogP contribution is -2.07. The molecule has 3 N–H and O–H groups in total. The number of thiophene rings is 1. The van der Waals surface area contributed by atoms with E-state index in [1.165, 1.54) is 11.3 Å². The Kier molecular flexibility index (Phi) is 4.98. The maximum atomic E-state index is 11.7. The van der Waals surface area contributed by atoms with Gasteiger partial charge in [-0.15, -0.1) is 11.3 Å². The number of hydrogen-bond acceptors (Lipinski definition) is 6. The maximum Gasteiger partial charge on any atom is 0.350 e. The Morgan fingerprint density at radius 1 is 1.61 bits per heavy atom. The number of rotatable bonds is 5. The van der Waals surface area contributed by atoms with Crippen LogP contribution in [0.25, 0.3) is 0 Å². The standard InChI is InChI=1S/C12H17N3O2S/c1-4-17-12(16)10-9(14)8(5-13)11(18-10)15-6-7(2)3/h7,15H,4,6,14H2,1-3H3. The van der Waals surface area contributed by atoms with Crippen molar-refractivity contribution in [2.24, 2.45) is 5.92 Å². The maximum absolute atomic E-state index is 11.7. The smallest absolute Gasteiger partial charge is 0.350 e. The lowest BCUT2D eigenvalue weighted by atomic mass is 10.2. The molecule has 18 heavy (non-hydrogen) atoms. The number of anilines is 2. The van der Waals surface area contributed by atoms with Gasteiger partial charge < -0.3 is 15.8 Å². The fourth-order valence-corrected chi connectivity index (χ4v) is 2.30. The predicted octanol–water partition coefficient (Wildman–Crippen LogP) is 2.45.